The SMILES string of the molecule is CCCCC(CCC)Nc1nc(NN)ncc1F. The van der Waals surface area contributed by atoms with Gasteiger partial charge >= 0.3 is 0 Å². The molecule has 0 aliphatic rings. The highest BCUT2D eigenvalue weighted by Crippen LogP contribution is 2.17. The second-order valence-corrected chi connectivity index (χ2v) is 4.31. The van der Waals surface area contributed by atoms with E-state index in [-0.39, 0.29) is 17.8 Å². The molecule has 1 aromatic heterocycles. The van der Waals surface area contributed by atoms with Gasteiger partial charge in [0.1, 0.15) is 0 Å². The summed E-state index contributed by atoms with van der Waals surface area (Å²) in [6.07, 6.45) is 6.42. The van der Waals surface area contributed by atoms with Crippen molar-refractivity contribution in [1.82, 2.24) is 9.97 Å². The lowest BCUT2D eigenvalue weighted by Crippen LogP contribution is -2.22. The van der Waals surface area contributed by atoms with Gasteiger partial charge in [-0.3, -0.25) is 5.43 Å². The lowest BCUT2D eigenvalue weighted by Gasteiger charge is -2.18. The number of hydrogen-bond acceptors (Lipinski definition) is 5. The van der Waals surface area contributed by atoms with Gasteiger partial charge in [-0.1, -0.05) is 33.1 Å². The van der Waals surface area contributed by atoms with Crippen molar-refractivity contribution in [2.45, 2.75) is 52.0 Å². The third-order valence-electron chi connectivity index (χ3n) is 2.76. The average Bonchev–Trinajstić information content (AvgIpc) is 2.38. The number of nitrogens with zero attached hydrogens (tertiary/aromatic N) is 2. The van der Waals surface area contributed by atoms with Gasteiger partial charge in [-0.25, -0.2) is 15.2 Å². The van der Waals surface area contributed by atoms with Crippen LogP contribution in [0.15, 0.2) is 6.20 Å². The maximum Gasteiger partial charge on any atom is 0.239 e. The van der Waals surface area contributed by atoms with Crippen LogP contribution in [0.2, 0.25) is 0 Å². The Kier molecular flexibility index (Phi) is 6.35. The van der Waals surface area contributed by atoms with Crippen molar-refractivity contribution in [2.24, 2.45) is 5.84 Å². The fourth-order valence-corrected chi connectivity index (χ4v) is 1.82. The Morgan fingerprint density at radius 2 is 2.11 bits per heavy atom. The van der Waals surface area contributed by atoms with Gasteiger partial charge in [0, 0.05) is 6.04 Å². The lowest BCUT2D eigenvalue weighted by atomic mass is 10.1. The monoisotopic (exact) mass is 255 g/mol. The number of rotatable bonds is 8. The highest BCUT2D eigenvalue weighted by Gasteiger charge is 2.12. The molecule has 0 fully saturated rings. The fraction of sp³-hybridized carbons (Fsp3) is 0.667. The van der Waals surface area contributed by atoms with Crippen molar-refractivity contribution in [2.75, 3.05) is 10.7 Å². The third-order valence-corrected chi connectivity index (χ3v) is 2.76. The first-order valence-corrected chi connectivity index (χ1v) is 6.46. The van der Waals surface area contributed by atoms with Gasteiger partial charge in [-0.15, -0.1) is 0 Å². The first-order valence-electron chi connectivity index (χ1n) is 6.46. The molecule has 0 aliphatic heterocycles. The normalized spacial score (nSPS) is 12.2. The van der Waals surface area contributed by atoms with E-state index >= 15 is 0 Å². The third kappa shape index (κ3) is 4.44. The number of nitrogen functional groups attached to an aromatic ring is 1. The van der Waals surface area contributed by atoms with E-state index in [1.807, 2.05) is 0 Å². The van der Waals surface area contributed by atoms with E-state index in [9.17, 15) is 4.39 Å². The molecular weight excluding hydrogens is 233 g/mol. The van der Waals surface area contributed by atoms with Crippen molar-refractivity contribution in [3.8, 4) is 0 Å². The molecule has 0 aromatic carbocycles. The summed E-state index contributed by atoms with van der Waals surface area (Å²) in [6, 6.07) is 0.241. The summed E-state index contributed by atoms with van der Waals surface area (Å²) in [6.45, 7) is 4.26. The minimum Gasteiger partial charge on any atom is -0.365 e. The molecule has 0 saturated carbocycles. The zero-order valence-electron chi connectivity index (χ0n) is 11.0. The molecule has 18 heavy (non-hydrogen) atoms. The van der Waals surface area contributed by atoms with Gasteiger partial charge in [0.15, 0.2) is 11.6 Å². The number of nitrogens with two attached hydrogens (primary N) is 1. The summed E-state index contributed by atoms with van der Waals surface area (Å²) in [7, 11) is 0. The molecule has 0 amide bonds. The first-order chi connectivity index (χ1) is 8.71. The molecule has 1 rings (SSSR count). The van der Waals surface area contributed by atoms with Gasteiger partial charge in [0.2, 0.25) is 5.95 Å². The molecule has 102 valence electrons. The lowest BCUT2D eigenvalue weighted by molar-refractivity contribution is 0.552. The zero-order chi connectivity index (χ0) is 13.4. The fourth-order valence-electron chi connectivity index (χ4n) is 1.82. The van der Waals surface area contributed by atoms with Crippen molar-refractivity contribution in [3.63, 3.8) is 0 Å². The molecule has 0 aliphatic carbocycles. The van der Waals surface area contributed by atoms with E-state index in [4.69, 9.17) is 5.84 Å². The predicted molar refractivity (Wildman–Crippen MR) is 71.6 cm³/mol. The van der Waals surface area contributed by atoms with Crippen LogP contribution in [0.5, 0.6) is 0 Å². The number of unbranched alkanes of at least 4 members (excludes halogenated alkanes) is 1. The minimum absolute atomic E-state index is 0.213. The van der Waals surface area contributed by atoms with E-state index in [1.165, 1.54) is 0 Å². The summed E-state index contributed by atoms with van der Waals surface area (Å²) >= 11 is 0. The molecule has 1 aromatic rings. The van der Waals surface area contributed by atoms with Crippen LogP contribution in [0.25, 0.3) is 0 Å². The van der Waals surface area contributed by atoms with Crippen molar-refractivity contribution in [3.05, 3.63) is 12.0 Å². The Labute approximate surface area is 107 Å². The smallest absolute Gasteiger partial charge is 0.239 e. The molecule has 5 nitrogen and oxygen atoms in total. The van der Waals surface area contributed by atoms with E-state index in [0.29, 0.717) is 0 Å². The van der Waals surface area contributed by atoms with Crippen LogP contribution in [0.3, 0.4) is 0 Å². The topological polar surface area (TPSA) is 75.9 Å². The molecule has 0 radical (unpaired) electrons. The average molecular weight is 255 g/mol. The number of halogens is 1. The minimum atomic E-state index is -0.452. The van der Waals surface area contributed by atoms with Gasteiger partial charge in [0.25, 0.3) is 0 Å². The quantitative estimate of drug-likeness (QED) is 0.492. The number of aromatic nitrogens is 2. The number of anilines is 2. The summed E-state index contributed by atoms with van der Waals surface area (Å²) < 4.78 is 13.6. The Balaban J connectivity index is 2.72. The van der Waals surface area contributed by atoms with E-state index < -0.39 is 5.82 Å². The van der Waals surface area contributed by atoms with Crippen LogP contribution in [0, 0.1) is 5.82 Å². The molecule has 1 unspecified atom stereocenters. The summed E-state index contributed by atoms with van der Waals surface area (Å²) in [4.78, 5) is 7.70. The van der Waals surface area contributed by atoms with Crippen molar-refractivity contribution >= 4 is 11.8 Å². The molecule has 4 N–H and O–H groups in total. The van der Waals surface area contributed by atoms with Crippen LogP contribution < -0.4 is 16.6 Å². The highest BCUT2D eigenvalue weighted by molar-refractivity contribution is 5.41. The van der Waals surface area contributed by atoms with Crippen molar-refractivity contribution in [1.29, 1.82) is 0 Å². The molecule has 0 saturated heterocycles. The second-order valence-electron chi connectivity index (χ2n) is 4.31. The van der Waals surface area contributed by atoms with Gasteiger partial charge in [0.05, 0.1) is 6.20 Å². The largest absolute Gasteiger partial charge is 0.365 e. The van der Waals surface area contributed by atoms with E-state index in [2.05, 4.69) is 34.6 Å². The van der Waals surface area contributed by atoms with E-state index in [0.717, 1.165) is 38.3 Å². The number of nitrogens with one attached hydrogen (secondary N) is 2. The van der Waals surface area contributed by atoms with Crippen LogP contribution in [0.4, 0.5) is 16.2 Å². The van der Waals surface area contributed by atoms with Gasteiger partial charge in [-0.2, -0.15) is 4.98 Å². The first kappa shape index (κ1) is 14.6. The molecule has 0 spiro atoms. The molecule has 0 bridgehead atoms. The van der Waals surface area contributed by atoms with Crippen LogP contribution in [-0.2, 0) is 0 Å². The van der Waals surface area contributed by atoms with Gasteiger partial charge in [-0.05, 0) is 12.8 Å². The standard InChI is InChI=1S/C12H22FN5/c1-3-5-7-9(6-4-2)16-11-10(13)8-15-12(17-11)18-14/h8-9H,3-7,14H2,1-2H3,(H2,15,16,17,18). The number of hydrogen-bond donors (Lipinski definition) is 3. The molecule has 6 heteroatoms. The second kappa shape index (κ2) is 7.81. The Morgan fingerprint density at radius 3 is 2.72 bits per heavy atom. The van der Waals surface area contributed by atoms with Crippen LogP contribution in [0.1, 0.15) is 46.0 Å². The summed E-state index contributed by atoms with van der Waals surface area (Å²) in [5.41, 5.74) is 2.31. The van der Waals surface area contributed by atoms with Gasteiger partial charge < -0.3 is 5.32 Å². The Morgan fingerprint density at radius 1 is 1.33 bits per heavy atom. The van der Waals surface area contributed by atoms with Crippen molar-refractivity contribution < 1.29 is 4.39 Å². The molecule has 1 atom stereocenters. The molecular formula is C12H22FN5. The molecule has 1 heterocycles. The highest BCUT2D eigenvalue weighted by atomic mass is 19.1. The maximum absolute atomic E-state index is 13.6. The van der Waals surface area contributed by atoms with E-state index in [1.54, 1.807) is 0 Å². The van der Waals surface area contributed by atoms with Crippen LogP contribution in [-0.4, -0.2) is 16.0 Å². The van der Waals surface area contributed by atoms with Crippen LogP contribution >= 0.6 is 0 Å². The number of hydrazine groups is 1. The Hall–Kier alpha value is -1.43. The maximum atomic E-state index is 13.6. The summed E-state index contributed by atoms with van der Waals surface area (Å²) in [5, 5.41) is 3.14. The zero-order valence-corrected chi connectivity index (χ0v) is 11.0. The summed E-state index contributed by atoms with van der Waals surface area (Å²) in [5.74, 6) is 5.19. The predicted octanol–water partition coefficient (Wildman–Crippen LogP) is 2.67. The Bertz CT molecular complexity index is 358.